The minimum absolute atomic E-state index is 0.546. The van der Waals surface area contributed by atoms with Crippen molar-refractivity contribution >= 4 is 38.5 Å². The lowest BCUT2D eigenvalue weighted by molar-refractivity contribution is 0.418. The summed E-state index contributed by atoms with van der Waals surface area (Å²) in [5.74, 6) is 1.26. The number of ether oxygens (including phenoxy) is 1. The average molecular weight is 330 g/mol. The molecule has 0 unspecified atom stereocenters. The summed E-state index contributed by atoms with van der Waals surface area (Å²) in [4.78, 5) is 8.83. The Morgan fingerprint density at radius 2 is 1.95 bits per heavy atom. The van der Waals surface area contributed by atoms with E-state index in [1.807, 2.05) is 42.5 Å². The first kappa shape index (κ1) is 12.9. The Kier molecular flexibility index (Phi) is 3.52. The topological polar surface area (TPSA) is 47.0 Å². The molecule has 3 aromatic rings. The van der Waals surface area contributed by atoms with Gasteiger partial charge < -0.3 is 10.1 Å². The Balaban J connectivity index is 2.04. The molecule has 0 amide bonds. The summed E-state index contributed by atoms with van der Waals surface area (Å²) in [6.07, 6.45) is 1.78. The number of methoxy groups -OCH3 is 1. The normalized spacial score (nSPS) is 10.5. The molecule has 0 aliphatic carbocycles. The Bertz CT molecular complexity index is 747. The first-order chi connectivity index (χ1) is 9.76. The van der Waals surface area contributed by atoms with E-state index in [4.69, 9.17) is 4.74 Å². The van der Waals surface area contributed by atoms with Crippen molar-refractivity contribution in [3.05, 3.63) is 53.1 Å². The summed E-state index contributed by atoms with van der Waals surface area (Å²) in [6, 6.07) is 13.7. The van der Waals surface area contributed by atoms with E-state index in [9.17, 15) is 0 Å². The van der Waals surface area contributed by atoms with Crippen molar-refractivity contribution in [2.45, 2.75) is 0 Å². The number of fused-ring (bicyclic) bond motifs is 1. The van der Waals surface area contributed by atoms with E-state index >= 15 is 0 Å². The van der Waals surface area contributed by atoms with Gasteiger partial charge in [0.15, 0.2) is 0 Å². The number of rotatable bonds is 3. The van der Waals surface area contributed by atoms with Crippen LogP contribution in [-0.4, -0.2) is 17.1 Å². The molecule has 0 aliphatic heterocycles. The van der Waals surface area contributed by atoms with E-state index in [1.165, 1.54) is 0 Å². The minimum Gasteiger partial charge on any atom is -0.494 e. The van der Waals surface area contributed by atoms with Gasteiger partial charge in [0.1, 0.15) is 11.3 Å². The summed E-state index contributed by atoms with van der Waals surface area (Å²) in [5, 5.41) is 4.10. The molecule has 0 radical (unpaired) electrons. The van der Waals surface area contributed by atoms with Gasteiger partial charge in [-0.15, -0.1) is 0 Å². The highest BCUT2D eigenvalue weighted by Crippen LogP contribution is 2.29. The van der Waals surface area contributed by atoms with Gasteiger partial charge in [0.25, 0.3) is 0 Å². The van der Waals surface area contributed by atoms with Gasteiger partial charge in [-0.3, -0.25) is 0 Å². The summed E-state index contributed by atoms with van der Waals surface area (Å²) < 4.78 is 6.30. The van der Waals surface area contributed by atoms with Crippen LogP contribution in [-0.2, 0) is 0 Å². The molecule has 0 fully saturated rings. The third kappa shape index (κ3) is 2.58. The van der Waals surface area contributed by atoms with Gasteiger partial charge in [-0.05, 0) is 24.3 Å². The smallest absolute Gasteiger partial charge is 0.227 e. The quantitative estimate of drug-likeness (QED) is 0.784. The zero-order chi connectivity index (χ0) is 13.9. The molecule has 1 N–H and O–H groups in total. The predicted molar refractivity (Wildman–Crippen MR) is 83.5 cm³/mol. The Labute approximate surface area is 125 Å². The lowest BCUT2D eigenvalue weighted by Gasteiger charge is -2.08. The fourth-order valence-electron chi connectivity index (χ4n) is 1.94. The van der Waals surface area contributed by atoms with E-state index in [0.717, 1.165) is 21.1 Å². The summed E-state index contributed by atoms with van der Waals surface area (Å²) >= 11 is 3.45. The lowest BCUT2D eigenvalue weighted by Crippen LogP contribution is -1.98. The molecule has 0 aliphatic rings. The Morgan fingerprint density at radius 3 is 2.70 bits per heavy atom. The highest BCUT2D eigenvalue weighted by Gasteiger charge is 2.07. The molecular weight excluding hydrogens is 318 g/mol. The van der Waals surface area contributed by atoms with Crippen molar-refractivity contribution < 1.29 is 4.74 Å². The van der Waals surface area contributed by atoms with Crippen LogP contribution in [0.15, 0.2) is 53.1 Å². The first-order valence-corrected chi connectivity index (χ1v) is 6.88. The fraction of sp³-hybridized carbons (Fsp3) is 0.0667. The van der Waals surface area contributed by atoms with Crippen LogP contribution < -0.4 is 10.1 Å². The van der Waals surface area contributed by atoms with Gasteiger partial charge in [0.05, 0.1) is 7.11 Å². The number of nitrogens with zero attached hydrogens (tertiary/aromatic N) is 2. The summed E-state index contributed by atoms with van der Waals surface area (Å²) in [5.41, 5.74) is 1.73. The molecule has 5 heteroatoms. The maximum absolute atomic E-state index is 5.37. The predicted octanol–water partition coefficient (Wildman–Crippen LogP) is 4.14. The van der Waals surface area contributed by atoms with Crippen molar-refractivity contribution in [2.24, 2.45) is 0 Å². The van der Waals surface area contributed by atoms with E-state index in [1.54, 1.807) is 13.3 Å². The highest BCUT2D eigenvalue weighted by atomic mass is 79.9. The third-order valence-corrected chi connectivity index (χ3v) is 3.32. The van der Waals surface area contributed by atoms with Crippen LogP contribution in [0.2, 0.25) is 0 Å². The summed E-state index contributed by atoms with van der Waals surface area (Å²) in [6.45, 7) is 0. The molecule has 1 heterocycles. The molecule has 20 heavy (non-hydrogen) atoms. The molecule has 1 aromatic heterocycles. The SMILES string of the molecule is COc1cc(Br)cc2cnc(Nc3ccccc3)nc12. The molecule has 100 valence electrons. The van der Waals surface area contributed by atoms with Gasteiger partial charge >= 0.3 is 0 Å². The van der Waals surface area contributed by atoms with E-state index in [0.29, 0.717) is 11.7 Å². The van der Waals surface area contributed by atoms with Crippen LogP contribution in [0.3, 0.4) is 0 Å². The number of anilines is 2. The molecule has 4 nitrogen and oxygen atoms in total. The highest BCUT2D eigenvalue weighted by molar-refractivity contribution is 9.10. The van der Waals surface area contributed by atoms with Gasteiger partial charge in [-0.2, -0.15) is 0 Å². The number of hydrogen-bond donors (Lipinski definition) is 1. The van der Waals surface area contributed by atoms with Gasteiger partial charge in [-0.25, -0.2) is 9.97 Å². The number of benzene rings is 2. The van der Waals surface area contributed by atoms with Crippen molar-refractivity contribution in [1.82, 2.24) is 9.97 Å². The van der Waals surface area contributed by atoms with Crippen LogP contribution >= 0.6 is 15.9 Å². The standard InChI is InChI=1S/C15H12BrN3O/c1-20-13-8-11(16)7-10-9-17-15(19-14(10)13)18-12-5-3-2-4-6-12/h2-9H,1H3,(H,17,18,19). The maximum atomic E-state index is 5.37. The Morgan fingerprint density at radius 1 is 1.15 bits per heavy atom. The number of para-hydroxylation sites is 1. The molecule has 2 aromatic carbocycles. The Hall–Kier alpha value is -2.14. The van der Waals surface area contributed by atoms with E-state index < -0.39 is 0 Å². The van der Waals surface area contributed by atoms with Crippen LogP contribution in [0.4, 0.5) is 11.6 Å². The van der Waals surface area contributed by atoms with E-state index in [-0.39, 0.29) is 0 Å². The lowest BCUT2D eigenvalue weighted by atomic mass is 10.2. The molecule has 3 rings (SSSR count). The third-order valence-electron chi connectivity index (χ3n) is 2.86. The number of hydrogen-bond acceptors (Lipinski definition) is 4. The second-order valence-electron chi connectivity index (χ2n) is 4.23. The molecular formula is C15H12BrN3O. The minimum atomic E-state index is 0.546. The molecule has 0 atom stereocenters. The van der Waals surface area contributed by atoms with Gasteiger partial charge in [0, 0.05) is 21.7 Å². The molecule has 0 saturated carbocycles. The second-order valence-corrected chi connectivity index (χ2v) is 5.15. The van der Waals surface area contributed by atoms with Gasteiger partial charge in [0.2, 0.25) is 5.95 Å². The number of aromatic nitrogens is 2. The van der Waals surface area contributed by atoms with Crippen molar-refractivity contribution in [3.8, 4) is 5.75 Å². The first-order valence-electron chi connectivity index (χ1n) is 6.08. The van der Waals surface area contributed by atoms with Gasteiger partial charge in [-0.1, -0.05) is 34.1 Å². The largest absolute Gasteiger partial charge is 0.494 e. The van der Waals surface area contributed by atoms with E-state index in [2.05, 4.69) is 31.2 Å². The van der Waals surface area contributed by atoms with Crippen LogP contribution in [0.25, 0.3) is 10.9 Å². The van der Waals surface area contributed by atoms with Crippen LogP contribution in [0.1, 0.15) is 0 Å². The van der Waals surface area contributed by atoms with Crippen molar-refractivity contribution in [3.63, 3.8) is 0 Å². The van der Waals surface area contributed by atoms with Crippen LogP contribution in [0, 0.1) is 0 Å². The monoisotopic (exact) mass is 329 g/mol. The van der Waals surface area contributed by atoms with Crippen molar-refractivity contribution in [2.75, 3.05) is 12.4 Å². The fourth-order valence-corrected chi connectivity index (χ4v) is 2.40. The van der Waals surface area contributed by atoms with Crippen LogP contribution in [0.5, 0.6) is 5.75 Å². The zero-order valence-corrected chi connectivity index (χ0v) is 12.4. The average Bonchev–Trinajstić information content (AvgIpc) is 2.48. The van der Waals surface area contributed by atoms with Crippen molar-refractivity contribution in [1.29, 1.82) is 0 Å². The maximum Gasteiger partial charge on any atom is 0.227 e. The second kappa shape index (κ2) is 5.46. The summed E-state index contributed by atoms with van der Waals surface area (Å²) in [7, 11) is 1.63. The number of nitrogens with one attached hydrogen (secondary N) is 1. The molecule has 0 bridgehead atoms. The molecule has 0 spiro atoms. The molecule has 0 saturated heterocycles. The number of halogens is 1. The zero-order valence-electron chi connectivity index (χ0n) is 10.8.